The summed E-state index contributed by atoms with van der Waals surface area (Å²) >= 11 is 0. The third-order valence-electron chi connectivity index (χ3n) is 2.98. The zero-order chi connectivity index (χ0) is 12.3. The van der Waals surface area contributed by atoms with Crippen LogP contribution in [0.4, 0.5) is 0 Å². The van der Waals surface area contributed by atoms with Crippen LogP contribution in [-0.4, -0.2) is 41.2 Å². The first-order valence-electron chi connectivity index (χ1n) is 5.62. The van der Waals surface area contributed by atoms with Crippen molar-refractivity contribution in [2.45, 2.75) is 49.1 Å². The van der Waals surface area contributed by atoms with Crippen LogP contribution in [0, 0.1) is 0 Å². The number of sulfone groups is 1. The van der Waals surface area contributed by atoms with E-state index >= 15 is 0 Å². The average molecular weight is 267 g/mol. The molecule has 16 heavy (non-hydrogen) atoms. The van der Waals surface area contributed by atoms with Gasteiger partial charge < -0.3 is 5.73 Å². The van der Waals surface area contributed by atoms with Crippen molar-refractivity contribution >= 4 is 20.6 Å². The maximum absolute atomic E-state index is 11.9. The van der Waals surface area contributed by atoms with Crippen molar-refractivity contribution in [1.82, 2.24) is 0 Å². The van der Waals surface area contributed by atoms with Gasteiger partial charge in [-0.3, -0.25) is 4.21 Å². The number of rotatable bonds is 4. The normalized spacial score (nSPS) is 30.9. The highest BCUT2D eigenvalue weighted by Gasteiger charge is 2.31. The van der Waals surface area contributed by atoms with Gasteiger partial charge in [0, 0.05) is 34.1 Å². The van der Waals surface area contributed by atoms with E-state index in [1.54, 1.807) is 0 Å². The largest absolute Gasteiger partial charge is 0.327 e. The van der Waals surface area contributed by atoms with Crippen molar-refractivity contribution in [3.63, 3.8) is 0 Å². The number of hydrogen-bond donors (Lipinski definition) is 1. The lowest BCUT2D eigenvalue weighted by Crippen LogP contribution is -2.35. The zero-order valence-electron chi connectivity index (χ0n) is 9.89. The Balaban J connectivity index is 2.60. The van der Waals surface area contributed by atoms with Crippen LogP contribution in [0.2, 0.25) is 0 Å². The highest BCUT2D eigenvalue weighted by molar-refractivity contribution is 7.91. The summed E-state index contributed by atoms with van der Waals surface area (Å²) < 4.78 is 34.8. The molecule has 1 fully saturated rings. The molecule has 96 valence electrons. The molecule has 0 saturated heterocycles. The Morgan fingerprint density at radius 1 is 1.44 bits per heavy atom. The van der Waals surface area contributed by atoms with Gasteiger partial charge in [-0.05, 0) is 26.2 Å². The van der Waals surface area contributed by atoms with Gasteiger partial charge in [0.25, 0.3) is 0 Å². The molecule has 0 aliphatic heterocycles. The Kier molecular flexibility index (Phi) is 4.94. The first kappa shape index (κ1) is 14.1. The predicted octanol–water partition coefficient (Wildman–Crippen LogP) is 0.438. The molecule has 4 unspecified atom stereocenters. The van der Waals surface area contributed by atoms with Crippen LogP contribution in [-0.2, 0) is 20.6 Å². The van der Waals surface area contributed by atoms with Gasteiger partial charge in [0.15, 0.2) is 0 Å². The second-order valence-electron chi connectivity index (χ2n) is 4.76. The summed E-state index contributed by atoms with van der Waals surface area (Å²) in [7, 11) is -3.97. The summed E-state index contributed by atoms with van der Waals surface area (Å²) in [5, 5.41) is -0.289. The molecule has 4 atom stereocenters. The zero-order valence-corrected chi connectivity index (χ0v) is 11.5. The van der Waals surface area contributed by atoms with E-state index in [0.29, 0.717) is 18.6 Å². The van der Waals surface area contributed by atoms with E-state index < -0.39 is 20.6 Å². The minimum atomic E-state index is -2.99. The van der Waals surface area contributed by atoms with Crippen molar-refractivity contribution in [1.29, 1.82) is 0 Å². The minimum Gasteiger partial charge on any atom is -0.327 e. The molecule has 1 aliphatic rings. The van der Waals surface area contributed by atoms with Gasteiger partial charge in [0.05, 0.1) is 5.25 Å². The fraction of sp³-hybridized carbons (Fsp3) is 1.00. The van der Waals surface area contributed by atoms with Gasteiger partial charge >= 0.3 is 0 Å². The Hall–Kier alpha value is 0.0600. The lowest BCUT2D eigenvalue weighted by molar-refractivity contribution is 0.487. The molecule has 0 aromatic heterocycles. The van der Waals surface area contributed by atoms with Gasteiger partial charge in [-0.25, -0.2) is 8.42 Å². The van der Waals surface area contributed by atoms with Gasteiger partial charge in [-0.15, -0.1) is 0 Å². The Bertz CT molecular complexity index is 351. The van der Waals surface area contributed by atoms with Crippen molar-refractivity contribution in [2.24, 2.45) is 5.73 Å². The third-order valence-corrected chi connectivity index (χ3v) is 6.65. The number of hydrogen-bond acceptors (Lipinski definition) is 4. The van der Waals surface area contributed by atoms with E-state index in [0.717, 1.165) is 12.8 Å². The molecule has 0 amide bonds. The minimum absolute atomic E-state index is 0.0134. The average Bonchev–Trinajstić information content (AvgIpc) is 2.15. The summed E-state index contributed by atoms with van der Waals surface area (Å²) in [6.07, 6.45) is 4.25. The topological polar surface area (TPSA) is 77.2 Å². The Morgan fingerprint density at radius 3 is 2.56 bits per heavy atom. The van der Waals surface area contributed by atoms with Crippen LogP contribution in [0.3, 0.4) is 0 Å². The second kappa shape index (κ2) is 5.60. The predicted molar refractivity (Wildman–Crippen MR) is 67.5 cm³/mol. The summed E-state index contributed by atoms with van der Waals surface area (Å²) in [6, 6.07) is -0.0838. The van der Waals surface area contributed by atoms with Crippen molar-refractivity contribution in [3.8, 4) is 0 Å². The molecule has 6 heteroatoms. The van der Waals surface area contributed by atoms with Crippen molar-refractivity contribution < 1.29 is 12.6 Å². The molecule has 2 N–H and O–H groups in total. The lowest BCUT2D eigenvalue weighted by Gasteiger charge is -2.27. The summed E-state index contributed by atoms with van der Waals surface area (Å²) in [5.41, 5.74) is 5.61. The number of nitrogens with two attached hydrogens (primary N) is 1. The van der Waals surface area contributed by atoms with Crippen LogP contribution in [0.25, 0.3) is 0 Å². The van der Waals surface area contributed by atoms with E-state index in [-0.39, 0.29) is 16.5 Å². The second-order valence-corrected chi connectivity index (χ2v) is 8.85. The monoisotopic (exact) mass is 267 g/mol. The molecule has 0 spiro atoms. The van der Waals surface area contributed by atoms with E-state index in [4.69, 9.17) is 5.73 Å². The van der Waals surface area contributed by atoms with Crippen molar-refractivity contribution in [2.75, 3.05) is 12.0 Å². The Labute approximate surface area is 100 Å². The maximum atomic E-state index is 11.9. The van der Waals surface area contributed by atoms with Gasteiger partial charge in [0.2, 0.25) is 0 Å². The molecule has 0 bridgehead atoms. The smallest absolute Gasteiger partial charge is 0.150 e. The first-order valence-corrected chi connectivity index (χ1v) is 8.96. The van der Waals surface area contributed by atoms with Crippen LogP contribution >= 0.6 is 0 Å². The maximum Gasteiger partial charge on any atom is 0.150 e. The summed E-state index contributed by atoms with van der Waals surface area (Å²) in [4.78, 5) is 0. The fourth-order valence-corrected chi connectivity index (χ4v) is 5.09. The molecule has 4 nitrogen and oxygen atoms in total. The lowest BCUT2D eigenvalue weighted by atomic mass is 10.00. The quantitative estimate of drug-likeness (QED) is 0.801. The van der Waals surface area contributed by atoms with E-state index in [1.807, 2.05) is 6.92 Å². The molecular formula is C10H21NO3S2. The Morgan fingerprint density at radius 2 is 2.06 bits per heavy atom. The van der Waals surface area contributed by atoms with Crippen LogP contribution in [0.5, 0.6) is 0 Å². The van der Waals surface area contributed by atoms with E-state index in [9.17, 15) is 12.6 Å². The molecule has 0 aromatic carbocycles. The van der Waals surface area contributed by atoms with E-state index in [2.05, 4.69) is 0 Å². The van der Waals surface area contributed by atoms with Gasteiger partial charge in [-0.2, -0.15) is 0 Å². The third kappa shape index (κ3) is 4.14. The van der Waals surface area contributed by atoms with Gasteiger partial charge in [-0.1, -0.05) is 6.42 Å². The molecule has 0 aromatic rings. The molecule has 1 aliphatic carbocycles. The molecule has 1 rings (SSSR count). The van der Waals surface area contributed by atoms with Crippen LogP contribution in [0.1, 0.15) is 32.6 Å². The highest BCUT2D eigenvalue weighted by Crippen LogP contribution is 2.27. The van der Waals surface area contributed by atoms with Gasteiger partial charge in [0.1, 0.15) is 9.84 Å². The van der Waals surface area contributed by atoms with Crippen LogP contribution in [0.15, 0.2) is 0 Å². The molecule has 1 saturated carbocycles. The van der Waals surface area contributed by atoms with E-state index in [1.165, 1.54) is 6.26 Å². The van der Waals surface area contributed by atoms with Crippen LogP contribution < -0.4 is 5.73 Å². The molecule has 0 radical (unpaired) electrons. The first-order chi connectivity index (χ1) is 7.30. The summed E-state index contributed by atoms with van der Waals surface area (Å²) in [5.74, 6) is 0.473. The summed E-state index contributed by atoms with van der Waals surface area (Å²) in [6.45, 7) is 1.83. The highest BCUT2D eigenvalue weighted by atomic mass is 32.2. The SMILES string of the molecule is CC(N)CS(=O)C1CCCC(S(C)(=O)=O)C1. The standard InChI is InChI=1S/C10H21NO3S2/c1-8(11)7-15(12)9-4-3-5-10(6-9)16(2,13)14/h8-10H,3-7,11H2,1-2H3. The fourth-order valence-electron chi connectivity index (χ4n) is 2.12. The van der Waals surface area contributed by atoms with Crippen molar-refractivity contribution in [3.05, 3.63) is 0 Å². The molecule has 0 heterocycles. The molecular weight excluding hydrogens is 246 g/mol.